The molecule has 0 aromatic carbocycles. The molecule has 0 unspecified atom stereocenters. The molecule has 3 aliphatic rings. The van der Waals surface area contributed by atoms with Crippen molar-refractivity contribution in [2.45, 2.75) is 33.1 Å². The van der Waals surface area contributed by atoms with Crippen LogP contribution < -0.4 is 0 Å². The molecule has 3 rings (SSSR count). The lowest BCUT2D eigenvalue weighted by atomic mass is 9.45. The van der Waals surface area contributed by atoms with Gasteiger partial charge in [-0.05, 0) is 36.5 Å². The van der Waals surface area contributed by atoms with Crippen molar-refractivity contribution in [3.05, 3.63) is 0 Å². The van der Waals surface area contributed by atoms with E-state index >= 15 is 0 Å². The number of carboxylic acids is 1. The predicted octanol–water partition coefficient (Wildman–Crippen LogP) is 2.14. The summed E-state index contributed by atoms with van der Waals surface area (Å²) in [7, 11) is 0. The molecule has 12 heavy (non-hydrogen) atoms. The molecule has 0 aromatic heterocycles. The van der Waals surface area contributed by atoms with E-state index in [0.29, 0.717) is 11.3 Å². The van der Waals surface area contributed by atoms with Crippen molar-refractivity contribution in [2.75, 3.05) is 0 Å². The summed E-state index contributed by atoms with van der Waals surface area (Å²) in [4.78, 5) is 10.9. The Hall–Kier alpha value is -0.530. The Morgan fingerprint density at radius 2 is 2.08 bits per heavy atom. The molecule has 0 aromatic rings. The molecule has 0 radical (unpaired) electrons. The minimum absolute atomic E-state index is 0.0509. The second kappa shape index (κ2) is 2.24. The fourth-order valence-electron chi connectivity index (χ4n) is 3.11. The van der Waals surface area contributed by atoms with Crippen LogP contribution in [-0.2, 0) is 4.79 Å². The Balaban J connectivity index is 2.16. The van der Waals surface area contributed by atoms with Crippen LogP contribution in [0.5, 0.6) is 0 Å². The first-order valence-corrected chi connectivity index (χ1v) is 4.76. The first-order chi connectivity index (χ1) is 5.53. The van der Waals surface area contributed by atoms with Gasteiger partial charge in [-0.1, -0.05) is 13.8 Å². The Bertz CT molecular complexity index is 218. The van der Waals surface area contributed by atoms with E-state index in [-0.39, 0.29) is 5.92 Å². The average Bonchev–Trinajstić information content (AvgIpc) is 2.04. The zero-order chi connectivity index (χ0) is 8.93. The van der Waals surface area contributed by atoms with E-state index in [4.69, 9.17) is 5.11 Å². The molecule has 3 atom stereocenters. The van der Waals surface area contributed by atoms with Gasteiger partial charge in [-0.2, -0.15) is 0 Å². The van der Waals surface area contributed by atoms with Crippen molar-refractivity contribution in [3.63, 3.8) is 0 Å². The largest absolute Gasteiger partial charge is 0.481 e. The van der Waals surface area contributed by atoms with Crippen LogP contribution in [0.25, 0.3) is 0 Å². The molecular weight excluding hydrogens is 152 g/mol. The van der Waals surface area contributed by atoms with E-state index in [1.807, 2.05) is 0 Å². The van der Waals surface area contributed by atoms with Gasteiger partial charge in [0.2, 0.25) is 0 Å². The van der Waals surface area contributed by atoms with E-state index in [2.05, 4.69) is 13.8 Å². The molecule has 2 heteroatoms. The van der Waals surface area contributed by atoms with Gasteiger partial charge in [0.25, 0.3) is 0 Å². The highest BCUT2D eigenvalue weighted by atomic mass is 16.4. The summed E-state index contributed by atoms with van der Waals surface area (Å²) in [5.41, 5.74) is 0.307. The quantitative estimate of drug-likeness (QED) is 0.651. The lowest BCUT2D eigenvalue weighted by Crippen LogP contribution is -2.54. The van der Waals surface area contributed by atoms with Gasteiger partial charge in [0.15, 0.2) is 0 Å². The van der Waals surface area contributed by atoms with Gasteiger partial charge in [0.05, 0.1) is 5.92 Å². The standard InChI is InChI=1S/C10H16O2/c1-10(2)6-3-4-7(9(11)12)8(10)5-6/h6-8H,3-5H2,1-2H3,(H,11,12)/t6-,7+,8-/m1/s1. The second-order valence-electron chi connectivity index (χ2n) is 4.88. The van der Waals surface area contributed by atoms with Crippen LogP contribution in [0, 0.1) is 23.2 Å². The highest BCUT2D eigenvalue weighted by molar-refractivity contribution is 5.71. The zero-order valence-corrected chi connectivity index (χ0v) is 7.71. The molecule has 3 aliphatic carbocycles. The minimum atomic E-state index is -0.578. The van der Waals surface area contributed by atoms with Crippen LogP contribution in [-0.4, -0.2) is 11.1 Å². The summed E-state index contributed by atoms with van der Waals surface area (Å²) >= 11 is 0. The SMILES string of the molecule is CC1(C)[C@@H]2CC[C@H](C(=O)O)[C@H]1C2. The first kappa shape index (κ1) is 8.09. The number of rotatable bonds is 1. The molecule has 0 heterocycles. The van der Waals surface area contributed by atoms with E-state index in [1.165, 1.54) is 0 Å². The Morgan fingerprint density at radius 3 is 2.42 bits per heavy atom. The smallest absolute Gasteiger partial charge is 0.306 e. The highest BCUT2D eigenvalue weighted by Crippen LogP contribution is 2.61. The maximum Gasteiger partial charge on any atom is 0.306 e. The summed E-state index contributed by atoms with van der Waals surface area (Å²) in [6.45, 7) is 4.45. The summed E-state index contributed by atoms with van der Waals surface area (Å²) < 4.78 is 0. The fraction of sp³-hybridized carbons (Fsp3) is 0.900. The molecule has 3 fully saturated rings. The lowest BCUT2D eigenvalue weighted by molar-refractivity contribution is -0.164. The number of carbonyl (C=O) groups is 1. The Labute approximate surface area is 73.0 Å². The summed E-state index contributed by atoms with van der Waals surface area (Å²) in [6.07, 6.45) is 3.19. The van der Waals surface area contributed by atoms with Gasteiger partial charge in [-0.15, -0.1) is 0 Å². The van der Waals surface area contributed by atoms with Crippen LogP contribution in [0.15, 0.2) is 0 Å². The van der Waals surface area contributed by atoms with Gasteiger partial charge in [0, 0.05) is 0 Å². The normalized spacial score (nSPS) is 43.3. The third-order valence-electron chi connectivity index (χ3n) is 4.18. The molecule has 2 bridgehead atoms. The summed E-state index contributed by atoms with van der Waals surface area (Å²) in [5.74, 6) is 0.628. The third-order valence-corrected chi connectivity index (χ3v) is 4.18. The monoisotopic (exact) mass is 168 g/mol. The fourth-order valence-corrected chi connectivity index (χ4v) is 3.11. The van der Waals surface area contributed by atoms with Gasteiger partial charge < -0.3 is 5.11 Å². The van der Waals surface area contributed by atoms with Crippen molar-refractivity contribution < 1.29 is 9.90 Å². The zero-order valence-electron chi connectivity index (χ0n) is 7.71. The minimum Gasteiger partial charge on any atom is -0.481 e. The molecule has 68 valence electrons. The number of hydrogen-bond acceptors (Lipinski definition) is 1. The first-order valence-electron chi connectivity index (χ1n) is 4.76. The van der Waals surface area contributed by atoms with E-state index in [9.17, 15) is 4.79 Å². The average molecular weight is 168 g/mol. The Morgan fingerprint density at radius 1 is 1.42 bits per heavy atom. The number of aliphatic carboxylic acids is 1. The van der Waals surface area contributed by atoms with Gasteiger partial charge in [-0.25, -0.2) is 0 Å². The van der Waals surface area contributed by atoms with Gasteiger partial charge in [-0.3, -0.25) is 4.79 Å². The van der Waals surface area contributed by atoms with E-state index in [0.717, 1.165) is 25.2 Å². The van der Waals surface area contributed by atoms with E-state index < -0.39 is 5.97 Å². The number of hydrogen-bond donors (Lipinski definition) is 1. The van der Waals surface area contributed by atoms with Crippen molar-refractivity contribution in [1.29, 1.82) is 0 Å². The van der Waals surface area contributed by atoms with Crippen LogP contribution in [0.3, 0.4) is 0 Å². The molecule has 0 aliphatic heterocycles. The lowest BCUT2D eigenvalue weighted by Gasteiger charge is -2.59. The second-order valence-corrected chi connectivity index (χ2v) is 4.88. The van der Waals surface area contributed by atoms with Crippen LogP contribution in [0.4, 0.5) is 0 Å². The van der Waals surface area contributed by atoms with Crippen molar-refractivity contribution in [3.8, 4) is 0 Å². The van der Waals surface area contributed by atoms with Crippen LogP contribution in [0.2, 0.25) is 0 Å². The van der Waals surface area contributed by atoms with Crippen molar-refractivity contribution in [2.24, 2.45) is 23.2 Å². The molecule has 0 spiro atoms. The maximum absolute atomic E-state index is 10.9. The van der Waals surface area contributed by atoms with E-state index in [1.54, 1.807) is 0 Å². The Kier molecular flexibility index (Phi) is 1.51. The maximum atomic E-state index is 10.9. The van der Waals surface area contributed by atoms with Crippen LogP contribution in [0.1, 0.15) is 33.1 Å². The molecule has 2 nitrogen and oxygen atoms in total. The van der Waals surface area contributed by atoms with Crippen molar-refractivity contribution >= 4 is 5.97 Å². The van der Waals surface area contributed by atoms with Crippen molar-refractivity contribution in [1.82, 2.24) is 0 Å². The molecule has 3 saturated carbocycles. The topological polar surface area (TPSA) is 37.3 Å². The molecule has 1 N–H and O–H groups in total. The van der Waals surface area contributed by atoms with Gasteiger partial charge in [0.1, 0.15) is 0 Å². The molecule has 0 amide bonds. The number of fused-ring (bicyclic) bond motifs is 2. The van der Waals surface area contributed by atoms with Gasteiger partial charge >= 0.3 is 5.97 Å². The predicted molar refractivity (Wildman–Crippen MR) is 45.7 cm³/mol. The highest BCUT2D eigenvalue weighted by Gasteiger charge is 2.56. The molecular formula is C10H16O2. The van der Waals surface area contributed by atoms with Crippen LogP contribution >= 0.6 is 0 Å². The number of carboxylic acid groups (broad SMARTS) is 1. The summed E-state index contributed by atoms with van der Waals surface area (Å²) in [5, 5.41) is 8.97. The third kappa shape index (κ3) is 0.838. The summed E-state index contributed by atoms with van der Waals surface area (Å²) in [6, 6.07) is 0. The molecule has 0 saturated heterocycles.